The van der Waals surface area contributed by atoms with Gasteiger partial charge in [0.05, 0.1) is 5.02 Å². The fourth-order valence-electron chi connectivity index (χ4n) is 1.40. The number of hydrogen-bond donors (Lipinski definition) is 0. The number of sulfonamides is 1. The van der Waals surface area contributed by atoms with E-state index in [0.717, 1.165) is 0 Å². The summed E-state index contributed by atoms with van der Waals surface area (Å²) in [5, 5.41) is 0.203. The van der Waals surface area contributed by atoms with Crippen molar-refractivity contribution >= 4 is 33.2 Å². The number of halogens is 2. The van der Waals surface area contributed by atoms with Crippen molar-refractivity contribution in [3.8, 4) is 0 Å². The van der Waals surface area contributed by atoms with Crippen molar-refractivity contribution in [1.29, 1.82) is 0 Å². The third-order valence-corrected chi connectivity index (χ3v) is 4.73. The minimum Gasteiger partial charge on any atom is -0.242 e. The molecule has 1 heterocycles. The van der Waals surface area contributed by atoms with E-state index < -0.39 is 10.0 Å². The Kier molecular flexibility index (Phi) is 5.59. The van der Waals surface area contributed by atoms with E-state index in [9.17, 15) is 8.42 Å². The lowest BCUT2D eigenvalue weighted by Gasteiger charge is -2.19. The maximum absolute atomic E-state index is 12.3. The molecule has 0 amide bonds. The minimum atomic E-state index is -3.61. The first kappa shape index (κ1) is 15.4. The highest BCUT2D eigenvalue weighted by Gasteiger charge is 2.23. The van der Waals surface area contributed by atoms with Gasteiger partial charge in [-0.15, -0.1) is 6.58 Å². The lowest BCUT2D eigenvalue weighted by Crippen LogP contribution is -2.32. The fraction of sp³-hybridized carbons (Fsp3) is 0.364. The number of nitrogens with zero attached hydrogens (tertiary/aromatic N) is 2. The molecule has 0 fully saturated rings. The van der Waals surface area contributed by atoms with Gasteiger partial charge in [-0.3, -0.25) is 0 Å². The van der Waals surface area contributed by atoms with Gasteiger partial charge in [0.1, 0.15) is 10.0 Å². The Labute approximate surface area is 117 Å². The van der Waals surface area contributed by atoms with Crippen LogP contribution in [0.15, 0.2) is 29.8 Å². The summed E-state index contributed by atoms with van der Waals surface area (Å²) < 4.78 is 25.9. The van der Waals surface area contributed by atoms with Gasteiger partial charge in [0, 0.05) is 19.3 Å². The van der Waals surface area contributed by atoms with E-state index in [-0.39, 0.29) is 21.6 Å². The highest BCUT2D eigenvalue weighted by Crippen LogP contribution is 2.24. The predicted octanol–water partition coefficient (Wildman–Crippen LogP) is 2.98. The second-order valence-electron chi connectivity index (χ2n) is 3.60. The molecule has 0 unspecified atom stereocenters. The summed E-state index contributed by atoms with van der Waals surface area (Å²) in [6.07, 6.45) is 3.45. The summed E-state index contributed by atoms with van der Waals surface area (Å²) >= 11 is 11.4. The van der Waals surface area contributed by atoms with E-state index >= 15 is 0 Å². The third kappa shape index (κ3) is 3.45. The first-order chi connectivity index (χ1) is 8.43. The van der Waals surface area contributed by atoms with Crippen molar-refractivity contribution in [2.24, 2.45) is 0 Å². The minimum absolute atomic E-state index is 0.0344. The van der Waals surface area contributed by atoms with E-state index in [4.69, 9.17) is 23.2 Å². The summed E-state index contributed by atoms with van der Waals surface area (Å²) in [4.78, 5) is 3.78. The molecule has 0 saturated carbocycles. The van der Waals surface area contributed by atoms with Crippen LogP contribution in [0.5, 0.6) is 0 Å². The van der Waals surface area contributed by atoms with Gasteiger partial charge in [-0.1, -0.05) is 36.2 Å². The molecule has 1 aromatic heterocycles. The lowest BCUT2D eigenvalue weighted by atomic mass is 10.5. The van der Waals surface area contributed by atoms with Gasteiger partial charge in [0.15, 0.2) is 0 Å². The molecule has 100 valence electrons. The average molecular weight is 309 g/mol. The molecule has 1 aromatic rings. The van der Waals surface area contributed by atoms with Crippen molar-refractivity contribution in [3.05, 3.63) is 35.1 Å². The van der Waals surface area contributed by atoms with Crippen LogP contribution in [0, 0.1) is 0 Å². The van der Waals surface area contributed by atoms with Crippen LogP contribution in [0.2, 0.25) is 10.2 Å². The number of pyridine rings is 1. The largest absolute Gasteiger partial charge is 0.244 e. The molecule has 0 bridgehead atoms. The standard InChI is InChI=1S/C11H14Cl2N2O2S/c1-3-5-15(6-4-2)18(16,17)9-7-10(12)11(13)14-8-9/h3,7-8H,1,4-6H2,2H3. The van der Waals surface area contributed by atoms with E-state index in [2.05, 4.69) is 11.6 Å². The van der Waals surface area contributed by atoms with Crippen LogP contribution in [-0.2, 0) is 10.0 Å². The molecule has 1 rings (SSSR count). The molecule has 0 spiro atoms. The summed E-state index contributed by atoms with van der Waals surface area (Å²) in [6, 6.07) is 1.30. The van der Waals surface area contributed by atoms with Crippen LogP contribution >= 0.6 is 23.2 Å². The normalized spacial score (nSPS) is 11.8. The van der Waals surface area contributed by atoms with Crippen molar-refractivity contribution < 1.29 is 8.42 Å². The Morgan fingerprint density at radius 2 is 2.17 bits per heavy atom. The molecule has 0 aliphatic rings. The first-order valence-corrected chi connectivity index (χ1v) is 7.55. The van der Waals surface area contributed by atoms with Gasteiger partial charge >= 0.3 is 0 Å². The SMILES string of the molecule is C=CCN(CCC)S(=O)(=O)c1cnc(Cl)c(Cl)c1. The van der Waals surface area contributed by atoms with E-state index in [0.29, 0.717) is 13.0 Å². The second-order valence-corrected chi connectivity index (χ2v) is 6.30. The van der Waals surface area contributed by atoms with Gasteiger partial charge in [0.25, 0.3) is 0 Å². The Morgan fingerprint density at radius 3 is 2.67 bits per heavy atom. The zero-order valence-corrected chi connectivity index (χ0v) is 12.3. The molecule has 0 radical (unpaired) electrons. The quantitative estimate of drug-likeness (QED) is 0.599. The van der Waals surface area contributed by atoms with E-state index in [1.165, 1.54) is 22.6 Å². The van der Waals surface area contributed by atoms with Crippen LogP contribution in [0.1, 0.15) is 13.3 Å². The Morgan fingerprint density at radius 1 is 1.50 bits per heavy atom. The van der Waals surface area contributed by atoms with Gasteiger partial charge < -0.3 is 0 Å². The second kappa shape index (κ2) is 6.52. The summed E-state index contributed by atoms with van der Waals surface area (Å²) in [5.41, 5.74) is 0. The summed E-state index contributed by atoms with van der Waals surface area (Å²) in [7, 11) is -3.61. The fourth-order valence-corrected chi connectivity index (χ4v) is 3.21. The Balaban J connectivity index is 3.17. The van der Waals surface area contributed by atoms with Crippen molar-refractivity contribution in [1.82, 2.24) is 9.29 Å². The van der Waals surface area contributed by atoms with Gasteiger partial charge in [-0.05, 0) is 12.5 Å². The van der Waals surface area contributed by atoms with E-state index in [1.54, 1.807) is 0 Å². The molecule has 0 aromatic carbocycles. The topological polar surface area (TPSA) is 50.3 Å². The predicted molar refractivity (Wildman–Crippen MR) is 73.5 cm³/mol. The molecule has 0 atom stereocenters. The molecule has 0 aliphatic heterocycles. The molecular weight excluding hydrogens is 295 g/mol. The molecule has 18 heavy (non-hydrogen) atoms. The number of hydrogen-bond acceptors (Lipinski definition) is 3. The van der Waals surface area contributed by atoms with Gasteiger partial charge in [-0.2, -0.15) is 4.31 Å². The monoisotopic (exact) mass is 308 g/mol. The highest BCUT2D eigenvalue weighted by molar-refractivity contribution is 7.89. The summed E-state index contributed by atoms with van der Waals surface area (Å²) in [5.74, 6) is 0. The van der Waals surface area contributed by atoms with Crippen LogP contribution in [0.3, 0.4) is 0 Å². The highest BCUT2D eigenvalue weighted by atomic mass is 35.5. The Hall–Kier alpha value is -0.620. The van der Waals surface area contributed by atoms with Crippen molar-refractivity contribution in [3.63, 3.8) is 0 Å². The van der Waals surface area contributed by atoms with Crippen LogP contribution in [0.25, 0.3) is 0 Å². The van der Waals surface area contributed by atoms with Crippen LogP contribution in [-0.4, -0.2) is 30.8 Å². The van der Waals surface area contributed by atoms with Crippen molar-refractivity contribution in [2.45, 2.75) is 18.2 Å². The third-order valence-electron chi connectivity index (χ3n) is 2.21. The first-order valence-electron chi connectivity index (χ1n) is 5.35. The number of aromatic nitrogens is 1. The molecule has 0 aliphatic carbocycles. The zero-order valence-electron chi connectivity index (χ0n) is 9.94. The number of rotatable bonds is 6. The lowest BCUT2D eigenvalue weighted by molar-refractivity contribution is 0.441. The van der Waals surface area contributed by atoms with Crippen LogP contribution in [0.4, 0.5) is 0 Å². The van der Waals surface area contributed by atoms with Crippen molar-refractivity contribution in [2.75, 3.05) is 13.1 Å². The summed E-state index contributed by atoms with van der Waals surface area (Å²) in [6.45, 7) is 6.11. The molecule has 4 nitrogen and oxygen atoms in total. The van der Waals surface area contributed by atoms with Crippen LogP contribution < -0.4 is 0 Å². The molecule has 0 saturated heterocycles. The molecular formula is C11H14Cl2N2O2S. The maximum Gasteiger partial charge on any atom is 0.244 e. The Bertz CT molecular complexity index is 532. The van der Waals surface area contributed by atoms with E-state index in [1.807, 2.05) is 6.92 Å². The average Bonchev–Trinajstić information content (AvgIpc) is 2.32. The molecule has 7 heteroatoms. The van der Waals surface area contributed by atoms with Gasteiger partial charge in [-0.25, -0.2) is 13.4 Å². The molecule has 0 N–H and O–H groups in total. The maximum atomic E-state index is 12.3. The van der Waals surface area contributed by atoms with Gasteiger partial charge in [0.2, 0.25) is 10.0 Å². The zero-order chi connectivity index (χ0) is 13.8. The smallest absolute Gasteiger partial charge is 0.242 e.